The van der Waals surface area contributed by atoms with Gasteiger partial charge in [-0.15, -0.1) is 0 Å². The number of hydrogen-bond acceptors (Lipinski definition) is 6. The Balaban J connectivity index is 1.86. The second-order valence-electron chi connectivity index (χ2n) is 11.0. The van der Waals surface area contributed by atoms with Crippen LogP contribution in [0.15, 0.2) is 18.2 Å². The first-order valence-corrected chi connectivity index (χ1v) is 11.4. The number of methoxy groups -OCH3 is 1. The Morgan fingerprint density at radius 1 is 1.00 bits per heavy atom. The molecule has 2 aliphatic rings. The summed E-state index contributed by atoms with van der Waals surface area (Å²) < 4.78 is 16.0. The van der Waals surface area contributed by atoms with Crippen LogP contribution in [0.25, 0.3) is 0 Å². The van der Waals surface area contributed by atoms with Crippen LogP contribution in [-0.4, -0.2) is 54.5 Å². The minimum absolute atomic E-state index is 0.285. The summed E-state index contributed by atoms with van der Waals surface area (Å²) in [7, 11) is 1.35. The highest BCUT2D eigenvalue weighted by atomic mass is 16.6. The smallest absolute Gasteiger partial charge is 0.410 e. The van der Waals surface area contributed by atoms with Gasteiger partial charge in [0.05, 0.1) is 18.7 Å². The van der Waals surface area contributed by atoms with Crippen molar-refractivity contribution in [1.29, 1.82) is 0 Å². The third-order valence-electron chi connectivity index (χ3n) is 6.10. The Morgan fingerprint density at radius 3 is 2.15 bits per heavy atom. The van der Waals surface area contributed by atoms with Gasteiger partial charge in [-0.05, 0) is 84.1 Å². The number of carbonyl (C=O) groups excluding carboxylic acids is 3. The Hall–Kier alpha value is -2.77. The van der Waals surface area contributed by atoms with Crippen LogP contribution in [0.2, 0.25) is 0 Å². The molecule has 1 aromatic rings. The lowest BCUT2D eigenvalue weighted by molar-refractivity contribution is 0.00331. The van der Waals surface area contributed by atoms with Gasteiger partial charge in [-0.3, -0.25) is 0 Å². The first-order chi connectivity index (χ1) is 15.2. The van der Waals surface area contributed by atoms with Gasteiger partial charge in [0.25, 0.3) is 0 Å². The lowest BCUT2D eigenvalue weighted by Crippen LogP contribution is -2.49. The standard InChI is InChI=1S/C25H36N2O6/c1-23(2,3)32-21(29)26-19-18-14-16(20(28)31-7)8-9-17(18)15-25(19)10-12-27(13-11-25)22(30)33-24(4,5)6/h8-9,14,19H,10-13,15H2,1-7H3,(H,26,29). The van der Waals surface area contributed by atoms with Gasteiger partial charge in [-0.2, -0.15) is 0 Å². The van der Waals surface area contributed by atoms with Crippen molar-refractivity contribution in [2.45, 2.75) is 78.0 Å². The number of ether oxygens (including phenoxy) is 3. The summed E-state index contributed by atoms with van der Waals surface area (Å²) >= 11 is 0. The molecular weight excluding hydrogens is 424 g/mol. The van der Waals surface area contributed by atoms with E-state index in [2.05, 4.69) is 5.32 Å². The van der Waals surface area contributed by atoms with Crippen molar-refractivity contribution in [3.63, 3.8) is 0 Å². The molecule has 1 saturated heterocycles. The highest BCUT2D eigenvalue weighted by Gasteiger charge is 2.49. The summed E-state index contributed by atoms with van der Waals surface area (Å²) in [6.45, 7) is 12.1. The number of hydrogen-bond donors (Lipinski definition) is 1. The van der Waals surface area contributed by atoms with Crippen LogP contribution in [0.5, 0.6) is 0 Å². The quantitative estimate of drug-likeness (QED) is 0.512. The molecule has 0 saturated carbocycles. The zero-order valence-electron chi connectivity index (χ0n) is 20.7. The lowest BCUT2D eigenvalue weighted by atomic mass is 9.73. The molecule has 1 aromatic carbocycles. The van der Waals surface area contributed by atoms with E-state index in [0.717, 1.165) is 17.5 Å². The second-order valence-corrected chi connectivity index (χ2v) is 11.0. The number of esters is 1. The van der Waals surface area contributed by atoms with Gasteiger partial charge in [0, 0.05) is 18.5 Å². The van der Waals surface area contributed by atoms with Crippen LogP contribution < -0.4 is 5.32 Å². The normalized spacial score (nSPS) is 19.6. The van der Waals surface area contributed by atoms with E-state index in [-0.39, 0.29) is 17.6 Å². The zero-order chi connectivity index (χ0) is 24.6. The minimum atomic E-state index is -0.632. The molecule has 1 N–H and O–H groups in total. The van der Waals surface area contributed by atoms with Gasteiger partial charge < -0.3 is 24.4 Å². The van der Waals surface area contributed by atoms with Gasteiger partial charge in [0.15, 0.2) is 0 Å². The number of benzene rings is 1. The second kappa shape index (κ2) is 8.88. The number of piperidine rings is 1. The molecule has 1 unspecified atom stereocenters. The van der Waals surface area contributed by atoms with E-state index in [1.807, 2.05) is 47.6 Å². The third kappa shape index (κ3) is 5.78. The summed E-state index contributed by atoms with van der Waals surface area (Å²) in [4.78, 5) is 39.2. The van der Waals surface area contributed by atoms with Crippen LogP contribution >= 0.6 is 0 Å². The maximum Gasteiger partial charge on any atom is 0.410 e. The van der Waals surface area contributed by atoms with Crippen molar-refractivity contribution >= 4 is 18.2 Å². The summed E-state index contributed by atoms with van der Waals surface area (Å²) in [5, 5.41) is 3.07. The van der Waals surface area contributed by atoms with Crippen molar-refractivity contribution in [2.75, 3.05) is 20.2 Å². The van der Waals surface area contributed by atoms with Crippen molar-refractivity contribution in [1.82, 2.24) is 10.2 Å². The summed E-state index contributed by atoms with van der Waals surface area (Å²) in [5.74, 6) is -0.422. The lowest BCUT2D eigenvalue weighted by Gasteiger charge is -2.43. The summed E-state index contributed by atoms with van der Waals surface area (Å²) in [5.41, 5.74) is 0.944. The number of rotatable bonds is 2. The minimum Gasteiger partial charge on any atom is -0.465 e. The molecule has 33 heavy (non-hydrogen) atoms. The molecule has 182 valence electrons. The molecule has 0 aromatic heterocycles. The molecule has 0 bridgehead atoms. The van der Waals surface area contributed by atoms with Crippen LogP contribution in [-0.2, 0) is 20.6 Å². The average Bonchev–Trinajstić information content (AvgIpc) is 2.97. The molecule has 0 radical (unpaired) electrons. The van der Waals surface area contributed by atoms with Gasteiger partial charge in [0.1, 0.15) is 11.2 Å². The molecule has 8 heteroatoms. The van der Waals surface area contributed by atoms with E-state index in [4.69, 9.17) is 14.2 Å². The molecule has 1 aliphatic carbocycles. The number of fused-ring (bicyclic) bond motifs is 1. The Labute approximate surface area is 195 Å². The topological polar surface area (TPSA) is 94.2 Å². The predicted molar refractivity (Wildman–Crippen MR) is 123 cm³/mol. The fourth-order valence-electron chi connectivity index (χ4n) is 4.66. The van der Waals surface area contributed by atoms with Gasteiger partial charge in [0.2, 0.25) is 0 Å². The van der Waals surface area contributed by atoms with Crippen LogP contribution in [0.3, 0.4) is 0 Å². The monoisotopic (exact) mass is 460 g/mol. The largest absolute Gasteiger partial charge is 0.465 e. The summed E-state index contributed by atoms with van der Waals surface area (Å²) in [6.07, 6.45) is 1.30. The Morgan fingerprint density at radius 2 is 1.61 bits per heavy atom. The van der Waals surface area contributed by atoms with Crippen molar-refractivity contribution in [3.05, 3.63) is 34.9 Å². The third-order valence-corrected chi connectivity index (χ3v) is 6.10. The number of nitrogens with zero attached hydrogens (tertiary/aromatic N) is 1. The van der Waals surface area contributed by atoms with Crippen LogP contribution in [0, 0.1) is 5.41 Å². The number of alkyl carbamates (subject to hydrolysis) is 1. The van der Waals surface area contributed by atoms with E-state index < -0.39 is 23.3 Å². The first kappa shape index (κ1) is 24.9. The van der Waals surface area contributed by atoms with Crippen LogP contribution in [0.1, 0.15) is 81.9 Å². The van der Waals surface area contributed by atoms with E-state index in [0.29, 0.717) is 31.5 Å². The van der Waals surface area contributed by atoms with E-state index in [1.54, 1.807) is 17.0 Å². The predicted octanol–water partition coefficient (Wildman–Crippen LogP) is 4.61. The number of amides is 2. The molecule has 2 amide bonds. The van der Waals surface area contributed by atoms with Gasteiger partial charge in [-0.25, -0.2) is 14.4 Å². The van der Waals surface area contributed by atoms with Crippen molar-refractivity contribution in [2.24, 2.45) is 5.41 Å². The molecule has 1 atom stereocenters. The fraction of sp³-hybridized carbons (Fsp3) is 0.640. The van der Waals surface area contributed by atoms with Crippen molar-refractivity contribution < 1.29 is 28.6 Å². The first-order valence-electron chi connectivity index (χ1n) is 11.4. The zero-order valence-corrected chi connectivity index (χ0v) is 20.7. The molecule has 3 rings (SSSR count). The molecule has 1 aliphatic heterocycles. The molecule has 1 fully saturated rings. The van der Waals surface area contributed by atoms with Crippen molar-refractivity contribution in [3.8, 4) is 0 Å². The number of carbonyl (C=O) groups is 3. The molecule has 1 spiro atoms. The van der Waals surface area contributed by atoms with Crippen LogP contribution in [0.4, 0.5) is 9.59 Å². The SMILES string of the molecule is COC(=O)c1ccc2c(c1)C(NC(=O)OC(C)(C)C)C1(CCN(C(=O)OC(C)(C)C)CC1)C2. The maximum atomic E-state index is 12.7. The highest BCUT2D eigenvalue weighted by molar-refractivity contribution is 5.89. The van der Waals surface area contributed by atoms with Gasteiger partial charge in [-0.1, -0.05) is 6.07 Å². The highest BCUT2D eigenvalue weighted by Crippen LogP contribution is 2.52. The Bertz CT molecular complexity index is 920. The van der Waals surface area contributed by atoms with E-state index >= 15 is 0 Å². The average molecular weight is 461 g/mol. The molecular formula is C25H36N2O6. The Kier molecular flexibility index (Phi) is 6.69. The fourth-order valence-corrected chi connectivity index (χ4v) is 4.66. The maximum absolute atomic E-state index is 12.7. The number of nitrogens with one attached hydrogen (secondary N) is 1. The van der Waals surface area contributed by atoms with E-state index in [1.165, 1.54) is 7.11 Å². The summed E-state index contributed by atoms with van der Waals surface area (Å²) in [6, 6.07) is 5.15. The number of likely N-dealkylation sites (tertiary alicyclic amines) is 1. The van der Waals surface area contributed by atoms with E-state index in [9.17, 15) is 14.4 Å². The molecule has 1 heterocycles. The van der Waals surface area contributed by atoms with Gasteiger partial charge >= 0.3 is 18.2 Å². The molecule has 8 nitrogen and oxygen atoms in total.